The molecule has 0 bridgehead atoms. The number of piperidine rings is 1. The maximum Gasteiger partial charge on any atom is 0.284 e. The zero-order chi connectivity index (χ0) is 37.7. The molecule has 9 heteroatoms. The number of hydrogen-bond acceptors (Lipinski definition) is 7. The number of phenols is 2. The van der Waals surface area contributed by atoms with E-state index in [1.54, 1.807) is 6.07 Å². The maximum absolute atomic E-state index is 10.9. The molecule has 0 aromatic heterocycles. The number of hydrogen-bond donors (Lipinski definition) is 4. The fraction of sp³-hybridized carbons (Fsp3) is 0.634. The lowest BCUT2D eigenvalue weighted by Crippen LogP contribution is -2.38. The molecule has 2 aliphatic heterocycles. The fourth-order valence-corrected chi connectivity index (χ4v) is 5.94. The molecule has 0 aliphatic carbocycles. The first-order valence-corrected chi connectivity index (χ1v) is 18.7. The molecule has 2 fully saturated rings. The lowest BCUT2D eigenvalue weighted by molar-refractivity contribution is -0.114. The minimum absolute atomic E-state index is 0.0106. The van der Waals surface area contributed by atoms with Crippen molar-refractivity contribution in [3.8, 4) is 11.5 Å². The highest BCUT2D eigenvalue weighted by Crippen LogP contribution is 2.30. The van der Waals surface area contributed by atoms with Crippen LogP contribution in [0.15, 0.2) is 42.5 Å². The summed E-state index contributed by atoms with van der Waals surface area (Å²) in [6, 6.07) is 13.0. The number of phenolic OH excluding ortho intramolecular Hbond substituents is 2. The third kappa shape index (κ3) is 21.5. The van der Waals surface area contributed by atoms with Gasteiger partial charge in [-0.15, -0.1) is 0 Å². The summed E-state index contributed by atoms with van der Waals surface area (Å²) in [6.07, 6.45) is 13.4. The molecule has 2 heterocycles. The second kappa shape index (κ2) is 29.2. The van der Waals surface area contributed by atoms with Crippen molar-refractivity contribution in [3.05, 3.63) is 53.6 Å². The number of amides is 1. The van der Waals surface area contributed by atoms with Gasteiger partial charge in [0.25, 0.3) is 6.02 Å². The predicted octanol–water partition coefficient (Wildman–Crippen LogP) is 9.53. The van der Waals surface area contributed by atoms with E-state index in [9.17, 15) is 4.79 Å². The van der Waals surface area contributed by atoms with Crippen LogP contribution in [0.25, 0.3) is 0 Å². The Morgan fingerprint density at radius 3 is 2.04 bits per heavy atom. The minimum Gasteiger partial charge on any atom is -0.504 e. The van der Waals surface area contributed by atoms with Crippen LogP contribution in [-0.4, -0.2) is 66.2 Å². The number of aryl methyl sites for hydroxylation is 2. The first-order valence-electron chi connectivity index (χ1n) is 18.7. The number of anilines is 1. The molecular formula is C41H69N3O6. The summed E-state index contributed by atoms with van der Waals surface area (Å²) < 4.78 is 10.5. The molecule has 0 saturated carbocycles. The van der Waals surface area contributed by atoms with Gasteiger partial charge in [-0.1, -0.05) is 84.1 Å². The second-order valence-electron chi connectivity index (χ2n) is 13.0. The largest absolute Gasteiger partial charge is 0.504 e. The molecule has 2 aromatic carbocycles. The number of rotatable bonds is 9. The fourth-order valence-electron chi connectivity index (χ4n) is 5.94. The molecule has 1 amide bonds. The first kappa shape index (κ1) is 46.4. The number of carbonyl (C=O) groups excluding carboxylic acids is 2. The van der Waals surface area contributed by atoms with Crippen molar-refractivity contribution in [1.29, 1.82) is 5.41 Å². The standard InChI is InChI=1S/C12H24O.C11H15NO.C9H18N2O.C7H8O2.C2H4O/c1-3-5-11(6-4-2)12-7-9-13-10-8-12;1-3-6-10-7-4-5-8-11(10)12-9(2)13;1-3-12-9(10)11-6-4-8(2)5-7-11;1-5-2-3-6(8)7(9)4-5;1-2-3/h11-12H,3-10H2,1-2H3;4-5,7-8H,3,6H2,1-2H3,(H,12,13);8,10H,3-7H2,1-2H3;2-4,8-9H,1H3;2H,1H3. The van der Waals surface area contributed by atoms with Gasteiger partial charge in [-0.25, -0.2) is 0 Å². The third-order valence-electron chi connectivity index (χ3n) is 8.58. The van der Waals surface area contributed by atoms with E-state index in [4.69, 9.17) is 29.9 Å². The van der Waals surface area contributed by atoms with Crippen molar-refractivity contribution in [1.82, 2.24) is 4.90 Å². The summed E-state index contributed by atoms with van der Waals surface area (Å²) in [6.45, 7) is 20.3. The number of benzene rings is 2. The molecule has 284 valence electrons. The van der Waals surface area contributed by atoms with Crippen molar-refractivity contribution in [3.63, 3.8) is 0 Å². The Bertz CT molecular complexity index is 1170. The van der Waals surface area contributed by atoms with Crippen molar-refractivity contribution in [2.75, 3.05) is 38.2 Å². The molecule has 0 unspecified atom stereocenters. The summed E-state index contributed by atoms with van der Waals surface area (Å²) in [5, 5.41) is 28.0. The van der Waals surface area contributed by atoms with Crippen LogP contribution in [0.3, 0.4) is 0 Å². The minimum atomic E-state index is -0.0689. The van der Waals surface area contributed by atoms with Gasteiger partial charge in [0.15, 0.2) is 11.5 Å². The Balaban J connectivity index is 0.000000627. The van der Waals surface area contributed by atoms with Crippen LogP contribution in [0.2, 0.25) is 0 Å². The number of nitrogens with one attached hydrogen (secondary N) is 2. The van der Waals surface area contributed by atoms with E-state index < -0.39 is 0 Å². The molecule has 0 atom stereocenters. The number of nitrogens with zero attached hydrogens (tertiary/aromatic N) is 1. The third-order valence-corrected chi connectivity index (χ3v) is 8.58. The average Bonchev–Trinajstić information content (AvgIpc) is 3.09. The number of para-hydroxylation sites is 1. The van der Waals surface area contributed by atoms with Gasteiger partial charge < -0.3 is 34.7 Å². The van der Waals surface area contributed by atoms with E-state index in [1.165, 1.54) is 82.9 Å². The molecule has 2 aromatic rings. The molecule has 2 aliphatic rings. The van der Waals surface area contributed by atoms with E-state index in [1.807, 2.05) is 36.9 Å². The summed E-state index contributed by atoms with van der Waals surface area (Å²) in [4.78, 5) is 21.7. The van der Waals surface area contributed by atoms with Gasteiger partial charge >= 0.3 is 0 Å². The average molecular weight is 700 g/mol. The van der Waals surface area contributed by atoms with Crippen molar-refractivity contribution in [2.45, 2.75) is 120 Å². The van der Waals surface area contributed by atoms with Gasteiger partial charge in [-0.05, 0) is 100.0 Å². The molecule has 2 saturated heterocycles. The maximum atomic E-state index is 10.9. The lowest BCUT2D eigenvalue weighted by atomic mass is 9.80. The summed E-state index contributed by atoms with van der Waals surface area (Å²) in [5.41, 5.74) is 3.09. The van der Waals surface area contributed by atoms with Gasteiger partial charge in [0.2, 0.25) is 5.91 Å². The number of aldehydes is 1. The van der Waals surface area contributed by atoms with Gasteiger partial charge in [0.05, 0.1) is 6.61 Å². The monoisotopic (exact) mass is 700 g/mol. The van der Waals surface area contributed by atoms with Crippen LogP contribution in [-0.2, 0) is 25.5 Å². The van der Waals surface area contributed by atoms with Crippen molar-refractivity contribution >= 4 is 23.9 Å². The number of likely N-dealkylation sites (tertiary alicyclic amines) is 1. The van der Waals surface area contributed by atoms with Crippen molar-refractivity contribution < 1.29 is 29.3 Å². The number of amidine groups is 1. The van der Waals surface area contributed by atoms with Crippen LogP contribution in [0.4, 0.5) is 5.69 Å². The van der Waals surface area contributed by atoms with E-state index in [0.29, 0.717) is 12.6 Å². The van der Waals surface area contributed by atoms with E-state index in [-0.39, 0.29) is 17.4 Å². The van der Waals surface area contributed by atoms with E-state index in [2.05, 4.69) is 39.1 Å². The zero-order valence-electron chi connectivity index (χ0n) is 32.4. The molecule has 0 spiro atoms. The SMILES string of the molecule is CC=O.CCCC(CCC)C1CCOCC1.CCCc1ccccc1NC(C)=O.CCOC(=N)N1CCC(C)CC1.Cc1ccc(O)c(O)c1. The van der Waals surface area contributed by atoms with Gasteiger partial charge in [-0.3, -0.25) is 10.2 Å². The van der Waals surface area contributed by atoms with Crippen LogP contribution < -0.4 is 5.32 Å². The van der Waals surface area contributed by atoms with Gasteiger partial charge in [0, 0.05) is 38.9 Å². The molecule has 4 rings (SSSR count). The van der Waals surface area contributed by atoms with E-state index in [0.717, 1.165) is 74.4 Å². The van der Waals surface area contributed by atoms with Gasteiger partial charge in [-0.2, -0.15) is 0 Å². The summed E-state index contributed by atoms with van der Waals surface area (Å²) >= 11 is 0. The smallest absolute Gasteiger partial charge is 0.284 e. The summed E-state index contributed by atoms with van der Waals surface area (Å²) in [7, 11) is 0. The number of carbonyl (C=O) groups is 2. The lowest BCUT2D eigenvalue weighted by Gasteiger charge is -2.31. The predicted molar refractivity (Wildman–Crippen MR) is 207 cm³/mol. The molecule has 9 nitrogen and oxygen atoms in total. The first-order chi connectivity index (χ1) is 24.0. The van der Waals surface area contributed by atoms with Crippen LogP contribution in [0, 0.1) is 30.1 Å². The Hall–Kier alpha value is -3.59. The highest BCUT2D eigenvalue weighted by molar-refractivity contribution is 5.89. The molecule has 50 heavy (non-hydrogen) atoms. The molecule has 4 N–H and O–H groups in total. The van der Waals surface area contributed by atoms with Gasteiger partial charge in [0.1, 0.15) is 6.29 Å². The molecule has 0 radical (unpaired) electrons. The Morgan fingerprint density at radius 1 is 0.980 bits per heavy atom. The highest BCUT2D eigenvalue weighted by atomic mass is 16.5. The summed E-state index contributed by atoms with van der Waals surface area (Å²) in [5.74, 6) is 2.63. The highest BCUT2D eigenvalue weighted by Gasteiger charge is 2.22. The Kier molecular flexibility index (Phi) is 27.1. The number of ether oxygens (including phenoxy) is 2. The van der Waals surface area contributed by atoms with Crippen molar-refractivity contribution in [2.24, 2.45) is 17.8 Å². The number of aromatic hydroxyl groups is 2. The quantitative estimate of drug-likeness (QED) is 0.0887. The zero-order valence-corrected chi connectivity index (χ0v) is 32.4. The normalized spacial score (nSPS) is 14.2. The Labute approximate surface area is 303 Å². The second-order valence-corrected chi connectivity index (χ2v) is 13.0. The van der Waals surface area contributed by atoms with Crippen LogP contribution >= 0.6 is 0 Å². The topological polar surface area (TPSA) is 132 Å². The van der Waals surface area contributed by atoms with E-state index >= 15 is 0 Å². The van der Waals surface area contributed by atoms with Crippen LogP contribution in [0.5, 0.6) is 11.5 Å². The Morgan fingerprint density at radius 2 is 1.56 bits per heavy atom. The molecular weight excluding hydrogens is 630 g/mol. The van der Waals surface area contributed by atoms with Crippen LogP contribution in [0.1, 0.15) is 117 Å².